The molecule has 1 N–H and O–H groups in total. The topological polar surface area (TPSA) is 29.9 Å². The average Bonchev–Trinajstić information content (AvgIpc) is 2.89. The molecule has 0 aliphatic carbocycles. The van der Waals surface area contributed by atoms with Crippen molar-refractivity contribution in [1.82, 2.24) is 15.1 Å². The average molecular weight is 261 g/mol. The van der Waals surface area contributed by atoms with Gasteiger partial charge in [-0.05, 0) is 44.0 Å². The van der Waals surface area contributed by atoms with E-state index in [0.29, 0.717) is 0 Å². The monoisotopic (exact) mass is 261 g/mol. The summed E-state index contributed by atoms with van der Waals surface area (Å²) in [7, 11) is 1.99. The van der Waals surface area contributed by atoms with Crippen LogP contribution in [0.5, 0.6) is 0 Å². The van der Waals surface area contributed by atoms with Crippen LogP contribution in [-0.2, 0) is 6.54 Å². The fourth-order valence-corrected chi connectivity index (χ4v) is 2.54. The van der Waals surface area contributed by atoms with Crippen molar-refractivity contribution in [2.45, 2.75) is 24.4 Å². The molecule has 2 aromatic rings. The highest BCUT2D eigenvalue weighted by atomic mass is 32.2. The molecular formula is C14H19N3S. The first-order chi connectivity index (χ1) is 8.80. The normalized spacial score (nSPS) is 12.6. The number of aryl methyl sites for hydroxylation is 1. The lowest BCUT2D eigenvalue weighted by atomic mass is 10.0. The van der Waals surface area contributed by atoms with Crippen LogP contribution in [0.1, 0.15) is 24.2 Å². The van der Waals surface area contributed by atoms with Gasteiger partial charge in [0.15, 0.2) is 0 Å². The largest absolute Gasteiger partial charge is 0.308 e. The van der Waals surface area contributed by atoms with Crippen LogP contribution in [0.25, 0.3) is 0 Å². The number of aromatic nitrogens is 2. The summed E-state index contributed by atoms with van der Waals surface area (Å²) in [5.74, 6) is 0. The van der Waals surface area contributed by atoms with Crippen LogP contribution in [0.3, 0.4) is 0 Å². The lowest BCUT2D eigenvalue weighted by Crippen LogP contribution is -2.21. The van der Waals surface area contributed by atoms with Crippen molar-refractivity contribution in [3.8, 4) is 0 Å². The van der Waals surface area contributed by atoms with Crippen LogP contribution in [0.4, 0.5) is 0 Å². The molecule has 3 nitrogen and oxygen atoms in total. The number of nitrogens with zero attached hydrogens (tertiary/aromatic N) is 2. The van der Waals surface area contributed by atoms with E-state index in [0.717, 1.165) is 6.54 Å². The maximum Gasteiger partial charge on any atom is 0.0745 e. The molecule has 4 heteroatoms. The molecule has 0 bridgehead atoms. The highest BCUT2D eigenvalue weighted by Crippen LogP contribution is 2.24. The van der Waals surface area contributed by atoms with Crippen LogP contribution in [0, 0.1) is 0 Å². The molecule has 0 aliphatic heterocycles. The molecule has 1 atom stereocenters. The van der Waals surface area contributed by atoms with Crippen LogP contribution >= 0.6 is 11.8 Å². The van der Waals surface area contributed by atoms with Crippen LogP contribution in [-0.4, -0.2) is 23.1 Å². The third-order valence-electron chi connectivity index (χ3n) is 3.08. The predicted octanol–water partition coefficient (Wildman–Crippen LogP) is 2.93. The Bertz CT molecular complexity index is 490. The van der Waals surface area contributed by atoms with Gasteiger partial charge in [-0.3, -0.25) is 4.68 Å². The standard InChI is InChI=1S/C14H19N3S/c1-4-17-13(9-10-16-17)14(15-2)11-5-7-12(18-3)8-6-11/h5-10,14-15H,4H2,1-3H3. The second kappa shape index (κ2) is 6.07. The molecule has 1 heterocycles. The summed E-state index contributed by atoms with van der Waals surface area (Å²) in [6, 6.07) is 11.0. The van der Waals surface area contributed by atoms with E-state index >= 15 is 0 Å². The Balaban J connectivity index is 2.32. The van der Waals surface area contributed by atoms with Crippen LogP contribution in [0.2, 0.25) is 0 Å². The van der Waals surface area contributed by atoms with Gasteiger partial charge in [-0.1, -0.05) is 12.1 Å². The quantitative estimate of drug-likeness (QED) is 0.839. The summed E-state index contributed by atoms with van der Waals surface area (Å²) in [4.78, 5) is 1.29. The van der Waals surface area contributed by atoms with Gasteiger partial charge in [0, 0.05) is 17.6 Å². The second-order valence-corrected chi connectivity index (χ2v) is 4.95. The molecule has 18 heavy (non-hydrogen) atoms. The third kappa shape index (κ3) is 2.60. The Morgan fingerprint density at radius 2 is 2.00 bits per heavy atom. The third-order valence-corrected chi connectivity index (χ3v) is 3.83. The Hall–Kier alpha value is -1.26. The van der Waals surface area contributed by atoms with Crippen LogP contribution in [0.15, 0.2) is 41.4 Å². The molecular weight excluding hydrogens is 242 g/mol. The summed E-state index contributed by atoms with van der Waals surface area (Å²) in [5.41, 5.74) is 2.47. The van der Waals surface area contributed by atoms with Gasteiger partial charge < -0.3 is 5.32 Å². The first-order valence-electron chi connectivity index (χ1n) is 6.13. The number of hydrogen-bond donors (Lipinski definition) is 1. The van der Waals surface area contributed by atoms with Gasteiger partial charge in [0.1, 0.15) is 0 Å². The van der Waals surface area contributed by atoms with E-state index in [1.54, 1.807) is 11.8 Å². The van der Waals surface area contributed by atoms with Gasteiger partial charge in [0.05, 0.1) is 11.7 Å². The first-order valence-corrected chi connectivity index (χ1v) is 7.35. The van der Waals surface area contributed by atoms with Gasteiger partial charge in [0.2, 0.25) is 0 Å². The van der Waals surface area contributed by atoms with Crippen molar-refractivity contribution in [2.24, 2.45) is 0 Å². The van der Waals surface area contributed by atoms with Gasteiger partial charge in [-0.2, -0.15) is 5.10 Å². The van der Waals surface area contributed by atoms with Crippen molar-refractivity contribution in [3.05, 3.63) is 47.8 Å². The molecule has 0 radical (unpaired) electrons. The predicted molar refractivity (Wildman–Crippen MR) is 77.0 cm³/mol. The summed E-state index contributed by atoms with van der Waals surface area (Å²) >= 11 is 1.76. The number of hydrogen-bond acceptors (Lipinski definition) is 3. The molecule has 0 aliphatic rings. The Labute approximate surface area is 113 Å². The summed E-state index contributed by atoms with van der Waals surface area (Å²) in [5, 5.41) is 7.70. The lowest BCUT2D eigenvalue weighted by molar-refractivity contribution is 0.563. The van der Waals surface area contributed by atoms with Gasteiger partial charge in [0.25, 0.3) is 0 Å². The second-order valence-electron chi connectivity index (χ2n) is 4.07. The molecule has 0 amide bonds. The maximum absolute atomic E-state index is 4.34. The Morgan fingerprint density at radius 3 is 2.56 bits per heavy atom. The smallest absolute Gasteiger partial charge is 0.0745 e. The van der Waals surface area contributed by atoms with E-state index in [1.807, 2.05) is 17.9 Å². The van der Waals surface area contributed by atoms with Crippen molar-refractivity contribution >= 4 is 11.8 Å². The van der Waals surface area contributed by atoms with E-state index in [-0.39, 0.29) is 6.04 Å². The molecule has 1 aromatic carbocycles. The van der Waals surface area contributed by atoms with E-state index in [1.165, 1.54) is 16.2 Å². The Morgan fingerprint density at radius 1 is 1.28 bits per heavy atom. The maximum atomic E-state index is 4.34. The van der Waals surface area contributed by atoms with E-state index in [4.69, 9.17) is 0 Å². The molecule has 0 saturated heterocycles. The SMILES string of the molecule is CCn1nccc1C(NC)c1ccc(SC)cc1. The number of nitrogens with one attached hydrogen (secondary N) is 1. The lowest BCUT2D eigenvalue weighted by Gasteiger charge is -2.18. The number of thioether (sulfide) groups is 1. The summed E-state index contributed by atoms with van der Waals surface area (Å²) in [6.07, 6.45) is 3.95. The molecule has 96 valence electrons. The van der Waals surface area contributed by atoms with Crippen molar-refractivity contribution in [1.29, 1.82) is 0 Å². The number of benzene rings is 1. The minimum atomic E-state index is 0.198. The van der Waals surface area contributed by atoms with E-state index < -0.39 is 0 Å². The zero-order valence-electron chi connectivity index (χ0n) is 11.1. The summed E-state index contributed by atoms with van der Waals surface area (Å²) in [6.45, 7) is 3.00. The molecule has 0 saturated carbocycles. The fraction of sp³-hybridized carbons (Fsp3) is 0.357. The minimum Gasteiger partial charge on any atom is -0.308 e. The van der Waals surface area contributed by atoms with Gasteiger partial charge >= 0.3 is 0 Å². The van der Waals surface area contributed by atoms with Crippen molar-refractivity contribution in [3.63, 3.8) is 0 Å². The first kappa shape index (κ1) is 13.2. The molecule has 1 aromatic heterocycles. The Kier molecular flexibility index (Phi) is 4.44. The van der Waals surface area contributed by atoms with E-state index in [9.17, 15) is 0 Å². The minimum absolute atomic E-state index is 0.198. The molecule has 0 spiro atoms. The van der Waals surface area contributed by atoms with Crippen molar-refractivity contribution < 1.29 is 0 Å². The number of rotatable bonds is 5. The highest BCUT2D eigenvalue weighted by Gasteiger charge is 2.15. The summed E-state index contributed by atoms with van der Waals surface area (Å²) < 4.78 is 2.03. The van der Waals surface area contributed by atoms with Gasteiger partial charge in [-0.15, -0.1) is 11.8 Å². The fourth-order valence-electron chi connectivity index (χ4n) is 2.13. The van der Waals surface area contributed by atoms with Gasteiger partial charge in [-0.25, -0.2) is 0 Å². The zero-order valence-corrected chi connectivity index (χ0v) is 11.9. The highest BCUT2D eigenvalue weighted by molar-refractivity contribution is 7.98. The zero-order chi connectivity index (χ0) is 13.0. The molecule has 0 fully saturated rings. The van der Waals surface area contributed by atoms with Crippen molar-refractivity contribution in [2.75, 3.05) is 13.3 Å². The molecule has 1 unspecified atom stereocenters. The van der Waals surface area contributed by atoms with Crippen LogP contribution < -0.4 is 5.32 Å². The molecule has 2 rings (SSSR count). The van der Waals surface area contributed by atoms with E-state index in [2.05, 4.69) is 53.9 Å².